The highest BCUT2D eigenvalue weighted by Crippen LogP contribution is 2.35. The number of methoxy groups -OCH3 is 3. The lowest BCUT2D eigenvalue weighted by atomic mass is 9.97. The van der Waals surface area contributed by atoms with Crippen LogP contribution >= 0.6 is 0 Å². The molecule has 2 heterocycles. The number of anilines is 8. The van der Waals surface area contributed by atoms with Gasteiger partial charge in [0.25, 0.3) is 0 Å². The predicted molar refractivity (Wildman–Crippen MR) is 279 cm³/mol. The van der Waals surface area contributed by atoms with Gasteiger partial charge in [-0.2, -0.15) is 9.97 Å². The molecule has 0 aliphatic carbocycles. The second-order valence-corrected chi connectivity index (χ2v) is 22.1. The lowest BCUT2D eigenvalue weighted by molar-refractivity contribution is -0.140. The quantitative estimate of drug-likeness (QED) is 0.0235. The van der Waals surface area contributed by atoms with Gasteiger partial charge in [-0.3, -0.25) is 4.79 Å². The molecule has 378 valence electrons. The average Bonchev–Trinajstić information content (AvgIpc) is 3.35. The zero-order valence-electron chi connectivity index (χ0n) is 41.4. The predicted octanol–water partition coefficient (Wildman–Crippen LogP) is 7.91. The maximum absolute atomic E-state index is 13.6. The first-order chi connectivity index (χ1) is 34.0. The zero-order chi connectivity index (χ0) is 51.3. The van der Waals surface area contributed by atoms with E-state index >= 15 is 0 Å². The molecule has 20 heteroatoms. The number of hydrogen-bond donors (Lipinski definition) is 6. The molecule has 0 saturated heterocycles. The van der Waals surface area contributed by atoms with E-state index in [1.807, 2.05) is 37.3 Å². The summed E-state index contributed by atoms with van der Waals surface area (Å²) in [5.74, 6) is 2.12. The fourth-order valence-corrected chi connectivity index (χ4v) is 9.91. The summed E-state index contributed by atoms with van der Waals surface area (Å²) >= 11 is 0. The zero-order valence-corrected chi connectivity index (χ0v) is 43.1. The normalized spacial score (nSPS) is 11.6. The highest BCUT2D eigenvalue weighted by Gasteiger charge is 2.25. The van der Waals surface area contributed by atoms with E-state index in [9.17, 15) is 21.6 Å². The van der Waals surface area contributed by atoms with Crippen molar-refractivity contribution in [1.82, 2.24) is 25.3 Å². The Labute approximate surface area is 416 Å². The van der Waals surface area contributed by atoms with E-state index in [1.165, 1.54) is 7.11 Å². The molecule has 0 unspecified atom stereocenters. The number of sulfone groups is 2. The summed E-state index contributed by atoms with van der Waals surface area (Å²) < 4.78 is 69.9. The van der Waals surface area contributed by atoms with Gasteiger partial charge < -0.3 is 46.5 Å². The minimum atomic E-state index is -3.69. The fourth-order valence-electron chi connectivity index (χ4n) is 7.51. The SMILES string of the molecule is COC(=O)CCNCCc1ccc(OC)c(Nc2ncc(CCc3cc(OC)c(Nc4ncc(C)c(Nc5ccccc5S(=O)(=O)C(C)C)n4)cc3CCN)c(Nc3ccccc3S(=O)(=O)C(C)C)n2)c1. The van der Waals surface area contributed by atoms with Crippen molar-refractivity contribution in [2.75, 3.05) is 62.2 Å². The molecule has 0 fully saturated rings. The first kappa shape index (κ1) is 53.5. The number of nitrogens with two attached hydrogens (primary N) is 1. The van der Waals surface area contributed by atoms with Crippen LogP contribution in [0.25, 0.3) is 0 Å². The van der Waals surface area contributed by atoms with Crippen LogP contribution in [0.3, 0.4) is 0 Å². The molecular weight excluding hydrogens is 945 g/mol. The van der Waals surface area contributed by atoms with Crippen LogP contribution in [0.5, 0.6) is 11.5 Å². The molecule has 0 radical (unpaired) electrons. The van der Waals surface area contributed by atoms with E-state index in [4.69, 9.17) is 34.9 Å². The van der Waals surface area contributed by atoms with E-state index in [0.717, 1.165) is 16.7 Å². The molecule has 4 aromatic carbocycles. The number of hydrogen-bond acceptors (Lipinski definition) is 18. The van der Waals surface area contributed by atoms with Gasteiger partial charge >= 0.3 is 5.97 Å². The Morgan fingerprint density at radius 1 is 0.606 bits per heavy atom. The number of benzene rings is 4. The van der Waals surface area contributed by atoms with E-state index < -0.39 is 30.2 Å². The highest BCUT2D eigenvalue weighted by molar-refractivity contribution is 7.92. The molecule has 2 aromatic heterocycles. The van der Waals surface area contributed by atoms with Crippen molar-refractivity contribution in [3.05, 3.63) is 119 Å². The van der Waals surface area contributed by atoms with Crippen molar-refractivity contribution < 1.29 is 35.8 Å². The Balaban J connectivity index is 1.30. The molecule has 0 spiro atoms. The minimum absolute atomic E-state index is 0.144. The van der Waals surface area contributed by atoms with Crippen molar-refractivity contribution in [2.24, 2.45) is 5.73 Å². The topological polar surface area (TPSA) is 251 Å². The summed E-state index contributed by atoms with van der Waals surface area (Å²) in [6.07, 6.45) is 5.77. The molecule has 18 nitrogen and oxygen atoms in total. The van der Waals surface area contributed by atoms with Gasteiger partial charge in [-0.25, -0.2) is 26.8 Å². The van der Waals surface area contributed by atoms with Gasteiger partial charge in [0.05, 0.1) is 70.8 Å². The van der Waals surface area contributed by atoms with Gasteiger partial charge in [-0.1, -0.05) is 30.3 Å². The highest BCUT2D eigenvalue weighted by atomic mass is 32.2. The number of esters is 1. The maximum Gasteiger partial charge on any atom is 0.306 e. The summed E-state index contributed by atoms with van der Waals surface area (Å²) in [4.78, 5) is 30.8. The summed E-state index contributed by atoms with van der Waals surface area (Å²) in [5.41, 5.74) is 12.5. The van der Waals surface area contributed by atoms with Crippen LogP contribution in [0, 0.1) is 6.92 Å². The van der Waals surface area contributed by atoms with Crippen molar-refractivity contribution in [1.29, 1.82) is 0 Å². The Morgan fingerprint density at radius 3 is 1.75 bits per heavy atom. The number of aromatic nitrogens is 4. The molecule has 0 aliphatic heterocycles. The van der Waals surface area contributed by atoms with E-state index in [2.05, 4.69) is 31.6 Å². The molecular formula is C51H64N10O8S2. The fraction of sp³-hybridized carbons (Fsp3) is 0.353. The molecule has 6 rings (SSSR count). The van der Waals surface area contributed by atoms with Gasteiger partial charge in [0.1, 0.15) is 23.1 Å². The Hall–Kier alpha value is -6.87. The number of nitrogens with one attached hydrogen (secondary N) is 5. The molecule has 0 saturated carbocycles. The minimum Gasteiger partial charge on any atom is -0.495 e. The third-order valence-corrected chi connectivity index (χ3v) is 16.1. The smallest absolute Gasteiger partial charge is 0.306 e. The van der Waals surface area contributed by atoms with Crippen molar-refractivity contribution in [2.45, 2.75) is 87.0 Å². The molecule has 0 atom stereocenters. The largest absolute Gasteiger partial charge is 0.495 e. The van der Waals surface area contributed by atoms with Gasteiger partial charge in [-0.15, -0.1) is 0 Å². The van der Waals surface area contributed by atoms with Gasteiger partial charge in [0.2, 0.25) is 11.9 Å². The average molecular weight is 1010 g/mol. The standard InChI is InChI=1S/C51H64N10O8S2/c1-32(2)70(63,64)45-15-11-9-13-39(45)56-48-34(5)30-54-50(60-48)59-42-28-37(21-24-52)36(29-44(42)68-7)18-19-38-31-55-51(61-49(38)57-40-14-10-12-16-46(40)71(65,66)33(3)4)58-41-27-35(17-20-43(41)67-6)22-25-53-26-23-47(62)69-8/h9-17,20,27-33,53H,18-19,21-26,52H2,1-8H3,(H2,54,56,59,60)(H2,55,57,58,61). The third kappa shape index (κ3) is 13.5. The molecule has 6 aromatic rings. The number of rotatable bonds is 25. The Bertz CT molecular complexity index is 3040. The molecule has 0 bridgehead atoms. The Morgan fingerprint density at radius 2 is 1.15 bits per heavy atom. The van der Waals surface area contributed by atoms with E-state index in [-0.39, 0.29) is 34.1 Å². The number of para-hydroxylation sites is 2. The van der Waals surface area contributed by atoms with Gasteiger partial charge in [0.15, 0.2) is 19.7 Å². The molecule has 7 N–H and O–H groups in total. The van der Waals surface area contributed by atoms with Crippen LogP contribution in [-0.4, -0.2) is 94.2 Å². The summed E-state index contributed by atoms with van der Waals surface area (Å²) in [5, 5.41) is 15.2. The summed E-state index contributed by atoms with van der Waals surface area (Å²) in [7, 11) is -2.77. The maximum atomic E-state index is 13.6. The van der Waals surface area contributed by atoms with Crippen molar-refractivity contribution in [3.63, 3.8) is 0 Å². The van der Waals surface area contributed by atoms with E-state index in [1.54, 1.807) is 103 Å². The summed E-state index contributed by atoms with van der Waals surface area (Å²) in [6, 6.07) is 23.1. The van der Waals surface area contributed by atoms with Crippen molar-refractivity contribution >= 4 is 71.9 Å². The number of aryl methyl sites for hydroxylation is 3. The number of nitrogens with zero attached hydrogens (tertiary/aromatic N) is 4. The Kier molecular flexibility index (Phi) is 18.3. The number of ether oxygens (including phenoxy) is 3. The molecule has 0 amide bonds. The van der Waals surface area contributed by atoms with Gasteiger partial charge in [0, 0.05) is 30.1 Å². The molecule has 71 heavy (non-hydrogen) atoms. The second kappa shape index (κ2) is 24.3. The van der Waals surface area contributed by atoms with Gasteiger partial charge in [-0.05, 0) is 139 Å². The monoisotopic (exact) mass is 1010 g/mol. The lowest BCUT2D eigenvalue weighted by Gasteiger charge is -2.19. The number of carbonyl (C=O) groups is 1. The van der Waals surface area contributed by atoms with E-state index in [0.29, 0.717) is 102 Å². The van der Waals surface area contributed by atoms with Crippen LogP contribution in [0.15, 0.2) is 101 Å². The third-order valence-electron chi connectivity index (χ3n) is 11.7. The van der Waals surface area contributed by atoms with Crippen LogP contribution in [0.1, 0.15) is 61.9 Å². The summed E-state index contributed by atoms with van der Waals surface area (Å²) in [6.45, 7) is 9.90. The first-order valence-corrected chi connectivity index (χ1v) is 26.4. The first-order valence-electron chi connectivity index (χ1n) is 23.3. The van der Waals surface area contributed by atoms with Crippen LogP contribution in [-0.2, 0) is 54.9 Å². The van der Waals surface area contributed by atoms with Crippen LogP contribution < -0.4 is 41.8 Å². The number of carbonyl (C=O) groups excluding carboxylic acids is 1. The van der Waals surface area contributed by atoms with Crippen LogP contribution in [0.2, 0.25) is 0 Å². The lowest BCUT2D eigenvalue weighted by Crippen LogP contribution is -2.21. The van der Waals surface area contributed by atoms with Crippen LogP contribution in [0.4, 0.5) is 46.3 Å². The molecule has 0 aliphatic rings. The van der Waals surface area contributed by atoms with Crippen molar-refractivity contribution in [3.8, 4) is 11.5 Å². The second-order valence-electron chi connectivity index (χ2n) is 17.2.